The first-order valence-electron chi connectivity index (χ1n) is 9.02. The van der Waals surface area contributed by atoms with Crippen molar-refractivity contribution >= 4 is 16.0 Å². The van der Waals surface area contributed by atoms with Gasteiger partial charge in [0.25, 0.3) is 0 Å². The molecular formula is C19H27N3O5S. The summed E-state index contributed by atoms with van der Waals surface area (Å²) in [5, 5.41) is 9.54. The molecule has 2 aromatic rings. The topological polar surface area (TPSA) is 114 Å². The molecule has 0 spiro atoms. The van der Waals surface area contributed by atoms with Crippen molar-refractivity contribution in [2.24, 2.45) is 11.1 Å². The molecule has 0 atom stereocenters. The van der Waals surface area contributed by atoms with Gasteiger partial charge in [0.2, 0.25) is 10.0 Å². The van der Waals surface area contributed by atoms with Crippen molar-refractivity contribution in [3.63, 3.8) is 0 Å². The highest BCUT2D eigenvalue weighted by molar-refractivity contribution is 7.89. The third-order valence-electron chi connectivity index (χ3n) is 4.16. The van der Waals surface area contributed by atoms with Crippen LogP contribution >= 0.6 is 0 Å². The predicted molar refractivity (Wildman–Crippen MR) is 105 cm³/mol. The van der Waals surface area contributed by atoms with Gasteiger partial charge in [-0.2, -0.15) is 5.10 Å². The molecule has 8 nitrogen and oxygen atoms in total. The van der Waals surface area contributed by atoms with Gasteiger partial charge in [0.05, 0.1) is 17.0 Å². The van der Waals surface area contributed by atoms with Gasteiger partial charge < -0.3 is 9.47 Å². The molecule has 1 aromatic carbocycles. The van der Waals surface area contributed by atoms with Crippen molar-refractivity contribution in [3.05, 3.63) is 41.2 Å². The standard InChI is InChI=1S/C19H27N3O5S/c1-13(2)12-22-15(4)18(14(3)21-22)11-19(23)27-10-9-26-16-5-7-17(8-6-16)28(20,24)25/h5-8,13H,9-12H2,1-4H3,(H2,20,24,25). The van der Waals surface area contributed by atoms with Crippen molar-refractivity contribution in [3.8, 4) is 5.75 Å². The molecule has 0 aliphatic carbocycles. The van der Waals surface area contributed by atoms with Crippen molar-refractivity contribution in [2.45, 2.75) is 45.6 Å². The first kappa shape index (κ1) is 21.9. The van der Waals surface area contributed by atoms with Gasteiger partial charge in [-0.15, -0.1) is 0 Å². The zero-order valence-corrected chi connectivity index (χ0v) is 17.5. The number of ether oxygens (including phenoxy) is 2. The van der Waals surface area contributed by atoms with E-state index >= 15 is 0 Å². The molecular weight excluding hydrogens is 382 g/mol. The van der Waals surface area contributed by atoms with E-state index in [0.29, 0.717) is 11.7 Å². The molecule has 0 fully saturated rings. The van der Waals surface area contributed by atoms with E-state index in [1.165, 1.54) is 24.3 Å². The van der Waals surface area contributed by atoms with Gasteiger partial charge in [0, 0.05) is 17.8 Å². The Kier molecular flexibility index (Phi) is 7.20. The molecule has 28 heavy (non-hydrogen) atoms. The van der Waals surface area contributed by atoms with E-state index in [4.69, 9.17) is 14.6 Å². The minimum atomic E-state index is -3.73. The average molecular weight is 410 g/mol. The Balaban J connectivity index is 1.81. The van der Waals surface area contributed by atoms with E-state index in [-0.39, 0.29) is 30.5 Å². The largest absolute Gasteiger partial charge is 0.490 e. The lowest BCUT2D eigenvalue weighted by atomic mass is 10.1. The molecule has 0 saturated carbocycles. The van der Waals surface area contributed by atoms with Crippen LogP contribution in [0.15, 0.2) is 29.2 Å². The van der Waals surface area contributed by atoms with Crippen LogP contribution in [0.25, 0.3) is 0 Å². The molecule has 2 rings (SSSR count). The summed E-state index contributed by atoms with van der Waals surface area (Å²) in [6.07, 6.45) is 0.165. The molecule has 1 aromatic heterocycles. The lowest BCUT2D eigenvalue weighted by molar-refractivity contribution is -0.143. The zero-order chi connectivity index (χ0) is 20.9. The molecule has 0 amide bonds. The summed E-state index contributed by atoms with van der Waals surface area (Å²) >= 11 is 0. The quantitative estimate of drug-likeness (QED) is 0.500. The van der Waals surface area contributed by atoms with Crippen molar-refractivity contribution in [1.29, 1.82) is 0 Å². The Bertz CT molecular complexity index is 918. The molecule has 0 unspecified atom stereocenters. The normalized spacial score (nSPS) is 11.6. The van der Waals surface area contributed by atoms with Crippen LogP contribution in [0, 0.1) is 19.8 Å². The number of esters is 1. The van der Waals surface area contributed by atoms with Crippen LogP contribution in [0.3, 0.4) is 0 Å². The third kappa shape index (κ3) is 6.07. The van der Waals surface area contributed by atoms with Crippen LogP contribution in [-0.4, -0.2) is 37.4 Å². The van der Waals surface area contributed by atoms with Crippen LogP contribution in [0.5, 0.6) is 5.75 Å². The first-order valence-corrected chi connectivity index (χ1v) is 10.6. The molecule has 2 N–H and O–H groups in total. The van der Waals surface area contributed by atoms with Gasteiger partial charge in [0.1, 0.15) is 19.0 Å². The number of nitrogens with zero attached hydrogens (tertiary/aromatic N) is 2. The van der Waals surface area contributed by atoms with Crippen LogP contribution in [-0.2, 0) is 32.5 Å². The van der Waals surface area contributed by atoms with E-state index in [1.54, 1.807) is 0 Å². The number of hydrogen-bond acceptors (Lipinski definition) is 6. The second-order valence-electron chi connectivity index (χ2n) is 6.99. The van der Waals surface area contributed by atoms with E-state index in [1.807, 2.05) is 18.5 Å². The number of aromatic nitrogens is 2. The SMILES string of the molecule is Cc1nn(CC(C)C)c(C)c1CC(=O)OCCOc1ccc(S(N)(=O)=O)cc1. The highest BCUT2D eigenvalue weighted by atomic mass is 32.2. The highest BCUT2D eigenvalue weighted by Crippen LogP contribution is 2.16. The van der Waals surface area contributed by atoms with E-state index in [9.17, 15) is 13.2 Å². The van der Waals surface area contributed by atoms with E-state index in [0.717, 1.165) is 23.5 Å². The molecule has 0 bridgehead atoms. The summed E-state index contributed by atoms with van der Waals surface area (Å²) in [4.78, 5) is 12.1. The number of benzene rings is 1. The summed E-state index contributed by atoms with van der Waals surface area (Å²) in [5.41, 5.74) is 2.71. The number of carbonyl (C=O) groups excluding carboxylic acids is 1. The van der Waals surface area contributed by atoms with Gasteiger partial charge in [-0.05, 0) is 44.0 Å². The summed E-state index contributed by atoms with van der Waals surface area (Å²) in [6.45, 7) is 9.14. The highest BCUT2D eigenvalue weighted by Gasteiger charge is 2.16. The van der Waals surface area contributed by atoms with Crippen LogP contribution in [0.2, 0.25) is 0 Å². The average Bonchev–Trinajstić information content (AvgIpc) is 2.85. The molecule has 0 radical (unpaired) electrons. The molecule has 0 aliphatic heterocycles. The molecule has 154 valence electrons. The van der Waals surface area contributed by atoms with Gasteiger partial charge >= 0.3 is 5.97 Å². The van der Waals surface area contributed by atoms with E-state index < -0.39 is 10.0 Å². The molecule has 0 aliphatic rings. The summed E-state index contributed by atoms with van der Waals surface area (Å²) in [6, 6.07) is 5.71. The smallest absolute Gasteiger partial charge is 0.310 e. The molecule has 9 heteroatoms. The maximum absolute atomic E-state index is 12.1. The number of aryl methyl sites for hydroxylation is 1. The lowest BCUT2D eigenvalue weighted by Crippen LogP contribution is -2.15. The Labute approximate surface area is 165 Å². The lowest BCUT2D eigenvalue weighted by Gasteiger charge is -2.09. The fourth-order valence-corrected chi connectivity index (χ4v) is 3.26. The number of nitrogens with two attached hydrogens (primary N) is 1. The monoisotopic (exact) mass is 409 g/mol. The Hall–Kier alpha value is -2.39. The fourth-order valence-electron chi connectivity index (χ4n) is 2.75. The van der Waals surface area contributed by atoms with Crippen LogP contribution in [0.1, 0.15) is 30.8 Å². The number of primary sulfonamides is 1. The van der Waals surface area contributed by atoms with Gasteiger partial charge in [-0.1, -0.05) is 13.8 Å². The number of rotatable bonds is 9. The fraction of sp³-hybridized carbons (Fsp3) is 0.474. The Morgan fingerprint density at radius 1 is 1.18 bits per heavy atom. The minimum absolute atomic E-state index is 0.00929. The molecule has 0 saturated heterocycles. The maximum Gasteiger partial charge on any atom is 0.310 e. The first-order chi connectivity index (χ1) is 13.1. The second kappa shape index (κ2) is 9.20. The maximum atomic E-state index is 12.1. The minimum Gasteiger partial charge on any atom is -0.490 e. The van der Waals surface area contributed by atoms with E-state index in [2.05, 4.69) is 18.9 Å². The van der Waals surface area contributed by atoms with Crippen molar-refractivity contribution in [2.75, 3.05) is 13.2 Å². The number of hydrogen-bond donors (Lipinski definition) is 1. The number of sulfonamides is 1. The molecule has 1 heterocycles. The summed E-state index contributed by atoms with van der Waals surface area (Å²) in [7, 11) is -3.73. The van der Waals surface area contributed by atoms with Crippen molar-refractivity contribution in [1.82, 2.24) is 9.78 Å². The Morgan fingerprint density at radius 3 is 2.39 bits per heavy atom. The second-order valence-corrected chi connectivity index (χ2v) is 8.55. The van der Waals surface area contributed by atoms with Gasteiger partial charge in [-0.3, -0.25) is 9.48 Å². The van der Waals surface area contributed by atoms with Gasteiger partial charge in [-0.25, -0.2) is 13.6 Å². The summed E-state index contributed by atoms with van der Waals surface area (Å²) < 4.78 is 35.0. The summed E-state index contributed by atoms with van der Waals surface area (Å²) in [5.74, 6) is 0.586. The van der Waals surface area contributed by atoms with Crippen molar-refractivity contribution < 1.29 is 22.7 Å². The Morgan fingerprint density at radius 2 is 1.82 bits per heavy atom. The number of carbonyl (C=O) groups is 1. The van der Waals surface area contributed by atoms with Crippen LogP contribution < -0.4 is 9.88 Å². The predicted octanol–water partition coefficient (Wildman–Crippen LogP) is 1.97. The van der Waals surface area contributed by atoms with Crippen LogP contribution in [0.4, 0.5) is 0 Å². The van der Waals surface area contributed by atoms with Gasteiger partial charge in [0.15, 0.2) is 0 Å². The zero-order valence-electron chi connectivity index (χ0n) is 16.6. The third-order valence-corrected chi connectivity index (χ3v) is 5.09.